The molecule has 0 aromatic carbocycles. The van der Waals surface area contributed by atoms with E-state index in [2.05, 4.69) is 19.2 Å². The van der Waals surface area contributed by atoms with Gasteiger partial charge in [0.25, 0.3) is 7.82 Å². The molecule has 0 spiro atoms. The third kappa shape index (κ3) is 43.4. The SMILES string of the molecule is CCCCCCCCCCCCCCCCCCCCCCCCCC(=O)N[C@@H](COP(=O)([O-])OCC[N+](C)(C)C)[C@H](O)CCCCCCCCCCCCCC. The van der Waals surface area contributed by atoms with Crippen molar-refractivity contribution in [2.45, 2.75) is 264 Å². The van der Waals surface area contributed by atoms with Gasteiger partial charge in [-0.1, -0.05) is 232 Å². The molecule has 0 aliphatic carbocycles. The second-order valence-corrected chi connectivity index (χ2v) is 19.9. The molecule has 342 valence electrons. The van der Waals surface area contributed by atoms with Gasteiger partial charge >= 0.3 is 0 Å². The molecule has 0 aromatic rings. The van der Waals surface area contributed by atoms with Crippen LogP contribution in [0.25, 0.3) is 0 Å². The van der Waals surface area contributed by atoms with Gasteiger partial charge in [0.2, 0.25) is 5.91 Å². The van der Waals surface area contributed by atoms with Crippen LogP contribution in [-0.4, -0.2) is 68.5 Å². The number of carbonyl (C=O) groups is 1. The number of carbonyl (C=O) groups excluding carboxylic acids is 1. The lowest BCUT2D eigenvalue weighted by Gasteiger charge is -2.30. The van der Waals surface area contributed by atoms with Crippen LogP contribution in [-0.2, 0) is 18.4 Å². The standard InChI is InChI=1S/C48H99N2O6P/c1-6-8-10-12-14-16-18-20-21-22-23-24-25-26-27-28-29-30-32-34-36-38-40-42-48(52)49-46(45-56-57(53,54)55-44-43-50(3,4)5)47(51)41-39-37-35-33-31-19-17-15-13-11-9-7-2/h46-47,51H,6-45H2,1-5H3,(H-,49,52,53,54)/t46-,47+/m0/s1. The minimum atomic E-state index is -4.56. The lowest BCUT2D eigenvalue weighted by Crippen LogP contribution is -2.46. The molecule has 0 radical (unpaired) electrons. The van der Waals surface area contributed by atoms with Crippen LogP contribution in [0.3, 0.4) is 0 Å². The summed E-state index contributed by atoms with van der Waals surface area (Å²) in [5, 5.41) is 13.9. The Hall–Kier alpha value is -0.500. The molecule has 0 saturated heterocycles. The summed E-state index contributed by atoms with van der Waals surface area (Å²) in [4.78, 5) is 25.4. The third-order valence-electron chi connectivity index (χ3n) is 11.6. The highest BCUT2D eigenvalue weighted by Gasteiger charge is 2.24. The molecule has 0 rings (SSSR count). The number of aliphatic hydroxyl groups is 1. The number of hydrogen-bond donors (Lipinski definition) is 2. The Morgan fingerprint density at radius 3 is 1.19 bits per heavy atom. The number of nitrogens with zero attached hydrogens (tertiary/aromatic N) is 1. The van der Waals surface area contributed by atoms with E-state index in [1.807, 2.05) is 21.1 Å². The van der Waals surface area contributed by atoms with Crippen molar-refractivity contribution >= 4 is 13.7 Å². The summed E-state index contributed by atoms with van der Waals surface area (Å²) < 4.78 is 23.3. The minimum absolute atomic E-state index is 0.0161. The van der Waals surface area contributed by atoms with E-state index in [1.165, 1.54) is 186 Å². The number of unbranched alkanes of at least 4 members (excludes halogenated alkanes) is 33. The van der Waals surface area contributed by atoms with Crippen molar-refractivity contribution in [3.8, 4) is 0 Å². The maximum Gasteiger partial charge on any atom is 0.268 e. The van der Waals surface area contributed by atoms with Crippen LogP contribution in [0, 0.1) is 0 Å². The molecule has 0 heterocycles. The predicted octanol–water partition coefficient (Wildman–Crippen LogP) is 13.5. The molecule has 0 aromatic heterocycles. The maximum atomic E-state index is 12.9. The molecule has 1 amide bonds. The molecule has 1 unspecified atom stereocenters. The number of amides is 1. The Morgan fingerprint density at radius 1 is 0.544 bits per heavy atom. The van der Waals surface area contributed by atoms with Crippen LogP contribution in [0.4, 0.5) is 0 Å². The number of quaternary nitrogens is 1. The topological polar surface area (TPSA) is 108 Å². The Kier molecular flexibility index (Phi) is 40.5. The molecule has 0 aliphatic rings. The fourth-order valence-corrected chi connectivity index (χ4v) is 8.35. The first-order valence-corrected chi connectivity index (χ1v) is 26.3. The second-order valence-electron chi connectivity index (χ2n) is 18.5. The van der Waals surface area contributed by atoms with Crippen molar-refractivity contribution in [1.82, 2.24) is 5.32 Å². The average Bonchev–Trinajstić information content (AvgIpc) is 3.16. The first kappa shape index (κ1) is 56.5. The summed E-state index contributed by atoms with van der Waals surface area (Å²) in [6, 6.07) is -0.793. The van der Waals surface area contributed by atoms with Gasteiger partial charge in [-0.25, -0.2) is 0 Å². The van der Waals surface area contributed by atoms with Crippen LogP contribution >= 0.6 is 7.82 Å². The van der Waals surface area contributed by atoms with Gasteiger partial charge in [0.1, 0.15) is 13.2 Å². The molecule has 2 N–H and O–H groups in total. The summed E-state index contributed by atoms with van der Waals surface area (Å²) in [5.74, 6) is -0.160. The minimum Gasteiger partial charge on any atom is -0.756 e. The predicted molar refractivity (Wildman–Crippen MR) is 243 cm³/mol. The summed E-state index contributed by atoms with van der Waals surface area (Å²) in [6.45, 7) is 4.75. The van der Waals surface area contributed by atoms with E-state index in [-0.39, 0.29) is 19.1 Å². The lowest BCUT2D eigenvalue weighted by atomic mass is 10.0. The highest BCUT2D eigenvalue weighted by molar-refractivity contribution is 7.45. The van der Waals surface area contributed by atoms with Crippen LogP contribution < -0.4 is 10.2 Å². The summed E-state index contributed by atoms with van der Waals surface area (Å²) in [5.41, 5.74) is 0. The Labute approximate surface area is 355 Å². The summed E-state index contributed by atoms with van der Waals surface area (Å²) in [7, 11) is 1.32. The average molecular weight is 831 g/mol. The van der Waals surface area contributed by atoms with Crippen LogP contribution in [0.15, 0.2) is 0 Å². The number of phosphoric acid groups is 1. The molecular weight excluding hydrogens is 732 g/mol. The van der Waals surface area contributed by atoms with Crippen molar-refractivity contribution in [2.24, 2.45) is 0 Å². The van der Waals surface area contributed by atoms with Crippen molar-refractivity contribution in [2.75, 3.05) is 40.9 Å². The summed E-state index contributed by atoms with van der Waals surface area (Å²) >= 11 is 0. The van der Waals surface area contributed by atoms with Crippen molar-refractivity contribution in [3.63, 3.8) is 0 Å². The van der Waals surface area contributed by atoms with E-state index in [9.17, 15) is 19.4 Å². The number of aliphatic hydroxyl groups excluding tert-OH is 1. The van der Waals surface area contributed by atoms with E-state index in [1.54, 1.807) is 0 Å². The van der Waals surface area contributed by atoms with E-state index >= 15 is 0 Å². The van der Waals surface area contributed by atoms with Crippen LogP contribution in [0.2, 0.25) is 0 Å². The van der Waals surface area contributed by atoms with Gasteiger partial charge in [0, 0.05) is 6.42 Å². The molecule has 3 atom stereocenters. The molecule has 0 saturated carbocycles. The number of rotatable bonds is 46. The highest BCUT2D eigenvalue weighted by Crippen LogP contribution is 2.38. The van der Waals surface area contributed by atoms with Gasteiger partial charge in [0.05, 0.1) is 39.9 Å². The van der Waals surface area contributed by atoms with Gasteiger partial charge in [-0.3, -0.25) is 9.36 Å². The monoisotopic (exact) mass is 831 g/mol. The number of likely N-dealkylation sites (N-methyl/N-ethyl adjacent to an activating group) is 1. The van der Waals surface area contributed by atoms with Gasteiger partial charge < -0.3 is 28.8 Å². The Bertz CT molecular complexity index is 901. The van der Waals surface area contributed by atoms with E-state index in [4.69, 9.17) is 9.05 Å². The number of hydrogen-bond acceptors (Lipinski definition) is 6. The second kappa shape index (κ2) is 40.9. The lowest BCUT2D eigenvalue weighted by molar-refractivity contribution is -0.870. The van der Waals surface area contributed by atoms with Crippen LogP contribution in [0.5, 0.6) is 0 Å². The van der Waals surface area contributed by atoms with Gasteiger partial charge in [-0.15, -0.1) is 0 Å². The zero-order chi connectivity index (χ0) is 42.1. The molecule has 0 fully saturated rings. The van der Waals surface area contributed by atoms with Gasteiger partial charge in [-0.05, 0) is 12.8 Å². The maximum absolute atomic E-state index is 12.9. The molecule has 0 bridgehead atoms. The van der Waals surface area contributed by atoms with E-state index in [0.717, 1.165) is 38.5 Å². The molecular formula is C48H99N2O6P. The smallest absolute Gasteiger partial charge is 0.268 e. The normalized spacial score (nSPS) is 14.2. The molecule has 0 aliphatic heterocycles. The molecule has 57 heavy (non-hydrogen) atoms. The summed E-state index contributed by atoms with van der Waals surface area (Å²) in [6.07, 6.45) is 45.4. The van der Waals surface area contributed by atoms with E-state index < -0.39 is 20.0 Å². The van der Waals surface area contributed by atoms with E-state index in [0.29, 0.717) is 23.9 Å². The van der Waals surface area contributed by atoms with Crippen molar-refractivity contribution in [1.29, 1.82) is 0 Å². The van der Waals surface area contributed by atoms with Crippen LogP contribution in [0.1, 0.15) is 251 Å². The van der Waals surface area contributed by atoms with Gasteiger partial charge in [0.15, 0.2) is 0 Å². The van der Waals surface area contributed by atoms with Crippen molar-refractivity contribution < 1.29 is 32.9 Å². The fraction of sp³-hybridized carbons (Fsp3) is 0.979. The van der Waals surface area contributed by atoms with Gasteiger partial charge in [-0.2, -0.15) is 0 Å². The Balaban J connectivity index is 4.14. The third-order valence-corrected chi connectivity index (χ3v) is 12.6. The fourth-order valence-electron chi connectivity index (χ4n) is 7.63. The first-order valence-electron chi connectivity index (χ1n) is 24.9. The zero-order valence-electron chi connectivity index (χ0n) is 38.8. The largest absolute Gasteiger partial charge is 0.756 e. The number of phosphoric ester groups is 1. The number of nitrogens with one attached hydrogen (secondary N) is 1. The Morgan fingerprint density at radius 2 is 0.860 bits per heavy atom. The molecule has 9 heteroatoms. The highest BCUT2D eigenvalue weighted by atomic mass is 31.2. The first-order chi connectivity index (χ1) is 27.5. The molecule has 8 nitrogen and oxygen atoms in total. The zero-order valence-corrected chi connectivity index (χ0v) is 39.7. The van der Waals surface area contributed by atoms with Crippen molar-refractivity contribution in [3.05, 3.63) is 0 Å². The quantitative estimate of drug-likeness (QED) is 0.0359.